The molecule has 10 nitrogen and oxygen atoms in total. The van der Waals surface area contributed by atoms with Gasteiger partial charge in [-0.25, -0.2) is 15.0 Å². The fourth-order valence-electron chi connectivity index (χ4n) is 4.45. The summed E-state index contributed by atoms with van der Waals surface area (Å²) in [5.74, 6) is 5.05. The summed E-state index contributed by atoms with van der Waals surface area (Å²) >= 11 is 0. The summed E-state index contributed by atoms with van der Waals surface area (Å²) in [6, 6.07) is 0. The molecule has 5 N–H and O–H groups in total. The van der Waals surface area contributed by atoms with E-state index in [2.05, 4.69) is 26.8 Å². The number of nitrogens with two attached hydrogens (primary N) is 1. The third-order valence-corrected chi connectivity index (χ3v) is 6.94. The molecule has 13 heteroatoms. The van der Waals surface area contributed by atoms with Gasteiger partial charge in [0.1, 0.15) is 35.3 Å². The summed E-state index contributed by atoms with van der Waals surface area (Å²) in [4.78, 5) is 12.3. The van der Waals surface area contributed by atoms with Crippen molar-refractivity contribution in [1.82, 2.24) is 19.5 Å². The topological polar surface area (TPSA) is 149 Å². The maximum Gasteiger partial charge on any atom is 0.183 e. The normalized spacial score (nSPS) is 34.7. The Morgan fingerprint density at radius 3 is 1.89 bits per heavy atom. The van der Waals surface area contributed by atoms with Crippen LogP contribution in [0.25, 0.3) is 11.2 Å². The van der Waals surface area contributed by atoms with Crippen molar-refractivity contribution in [3.8, 4) is 24.7 Å². The number of ether oxygens (including phenoxy) is 2. The first kappa shape index (κ1) is 37.6. The fourth-order valence-corrected chi connectivity index (χ4v) is 4.45. The molecule has 2 fully saturated rings. The molecule has 187 valence electrons. The third-order valence-electron chi connectivity index (χ3n) is 6.94. The first-order chi connectivity index (χ1) is 15.6. The molecule has 3 radical (unpaired) electrons. The Morgan fingerprint density at radius 2 is 1.47 bits per heavy atom. The molecule has 2 aromatic rings. The van der Waals surface area contributed by atoms with Crippen molar-refractivity contribution in [2.24, 2.45) is 11.8 Å². The SMILES string of the molecule is C#C[C@]1(CC)OC(O)C(O)C1C.C#C[C@]1(CC)O[C@@H](n2cnc3c(N)ncnc32)C(O)C1C.[Ac].[Ac].[Ac]. The minimum Gasteiger partial charge on any atom is -0.388 e. The molecule has 4 rings (SSSR count). The van der Waals surface area contributed by atoms with Gasteiger partial charge < -0.3 is 30.5 Å². The number of nitrogen functional groups attached to an aromatic ring is 1. The number of hydrogen-bond donors (Lipinski definition) is 4. The Morgan fingerprint density at radius 1 is 0.944 bits per heavy atom. The molecular formula is C23H31Ac3N5O5. The molecule has 0 amide bonds. The van der Waals surface area contributed by atoms with E-state index in [0.29, 0.717) is 24.0 Å². The molecule has 0 aromatic carbocycles. The maximum atomic E-state index is 10.5. The molecule has 4 heterocycles. The summed E-state index contributed by atoms with van der Waals surface area (Å²) in [6.07, 6.45) is 11.6. The monoisotopic (exact) mass is 1140 g/mol. The summed E-state index contributed by atoms with van der Waals surface area (Å²) in [5.41, 5.74) is 5.19. The Kier molecular flexibility index (Phi) is 16.2. The van der Waals surface area contributed by atoms with E-state index in [1.807, 2.05) is 20.8 Å². The van der Waals surface area contributed by atoms with Gasteiger partial charge in [-0.3, -0.25) is 4.57 Å². The average molecular weight is 1140 g/mol. The van der Waals surface area contributed by atoms with Crippen LogP contribution in [0.15, 0.2) is 12.7 Å². The number of aromatic nitrogens is 4. The van der Waals surface area contributed by atoms with E-state index in [1.165, 1.54) is 6.33 Å². The van der Waals surface area contributed by atoms with E-state index in [4.69, 9.17) is 28.1 Å². The van der Waals surface area contributed by atoms with Crippen LogP contribution in [-0.4, -0.2) is 64.5 Å². The smallest absolute Gasteiger partial charge is 0.183 e. The number of nitrogens with zero attached hydrogens (tertiary/aromatic N) is 4. The van der Waals surface area contributed by atoms with Crippen LogP contribution >= 0.6 is 0 Å². The fraction of sp³-hybridized carbons (Fsp3) is 0.609. The number of hydrogen-bond acceptors (Lipinski definition) is 9. The van der Waals surface area contributed by atoms with Crippen LogP contribution in [0.2, 0.25) is 0 Å². The average Bonchev–Trinajstić information content (AvgIpc) is 3.43. The number of fused-ring (bicyclic) bond motifs is 1. The molecule has 8 atom stereocenters. The summed E-state index contributed by atoms with van der Waals surface area (Å²) in [7, 11) is 0. The van der Waals surface area contributed by atoms with Crippen molar-refractivity contribution in [1.29, 1.82) is 0 Å². The predicted molar refractivity (Wildman–Crippen MR) is 121 cm³/mol. The van der Waals surface area contributed by atoms with Crippen LogP contribution in [0.5, 0.6) is 0 Å². The zero-order chi connectivity index (χ0) is 24.6. The summed E-state index contributed by atoms with van der Waals surface area (Å²) in [5, 5.41) is 29.1. The van der Waals surface area contributed by atoms with Gasteiger partial charge in [-0.2, -0.15) is 0 Å². The van der Waals surface area contributed by atoms with Crippen molar-refractivity contribution >= 4 is 17.0 Å². The third kappa shape index (κ3) is 6.90. The van der Waals surface area contributed by atoms with Crippen molar-refractivity contribution in [2.75, 3.05) is 5.73 Å². The second-order valence-corrected chi connectivity index (χ2v) is 8.43. The Labute approximate surface area is 319 Å². The summed E-state index contributed by atoms with van der Waals surface area (Å²) < 4.78 is 12.8. The first-order valence-electron chi connectivity index (χ1n) is 10.9. The number of aliphatic hydroxyl groups excluding tert-OH is 3. The van der Waals surface area contributed by atoms with Crippen LogP contribution in [-0.2, 0) is 9.47 Å². The Hall–Kier alpha value is 1.59. The number of imidazole rings is 1. The van der Waals surface area contributed by atoms with Gasteiger partial charge in [-0.15, -0.1) is 12.8 Å². The van der Waals surface area contributed by atoms with Crippen LogP contribution in [0.1, 0.15) is 46.8 Å². The maximum absolute atomic E-state index is 10.5. The number of anilines is 1. The van der Waals surface area contributed by atoms with Crippen LogP contribution < -0.4 is 5.73 Å². The largest absolute Gasteiger partial charge is 0.388 e. The van der Waals surface area contributed by atoms with E-state index in [9.17, 15) is 15.3 Å². The summed E-state index contributed by atoms with van der Waals surface area (Å²) in [6.45, 7) is 7.49. The molecule has 0 bridgehead atoms. The minimum absolute atomic E-state index is 0. The van der Waals surface area contributed by atoms with Gasteiger partial charge in [-0.05, 0) is 12.8 Å². The van der Waals surface area contributed by atoms with Crippen LogP contribution in [0, 0.1) is 169 Å². The van der Waals surface area contributed by atoms with E-state index in [0.717, 1.165) is 0 Å². The second-order valence-electron chi connectivity index (χ2n) is 8.43. The molecule has 0 aliphatic carbocycles. The minimum atomic E-state index is -1.14. The van der Waals surface area contributed by atoms with E-state index in [-0.39, 0.29) is 150 Å². The van der Waals surface area contributed by atoms with Gasteiger partial charge in [0.15, 0.2) is 24.0 Å². The van der Waals surface area contributed by atoms with Crippen molar-refractivity contribution in [3.05, 3.63) is 12.7 Å². The zero-order valence-corrected chi connectivity index (χ0v) is 35.2. The van der Waals surface area contributed by atoms with E-state index < -0.39 is 35.9 Å². The molecule has 2 saturated heterocycles. The number of terminal acetylenes is 2. The molecule has 2 aliphatic rings. The Bertz CT molecular complexity index is 1090. The van der Waals surface area contributed by atoms with Crippen LogP contribution in [0.3, 0.4) is 0 Å². The first-order valence-corrected chi connectivity index (χ1v) is 10.9. The van der Waals surface area contributed by atoms with Gasteiger partial charge in [0.2, 0.25) is 0 Å². The molecule has 2 aromatic heterocycles. The molecule has 0 saturated carbocycles. The zero-order valence-electron chi connectivity index (χ0n) is 20.9. The van der Waals surface area contributed by atoms with Gasteiger partial charge >= 0.3 is 0 Å². The Balaban J connectivity index is 0.000000712. The molecule has 0 spiro atoms. The van der Waals surface area contributed by atoms with Crippen LogP contribution in [0.4, 0.5) is 5.82 Å². The number of rotatable bonds is 3. The quantitative estimate of drug-likeness (QED) is 0.329. The van der Waals surface area contributed by atoms with E-state index >= 15 is 0 Å². The number of aliphatic hydroxyl groups is 3. The molecule has 36 heavy (non-hydrogen) atoms. The van der Waals surface area contributed by atoms with Gasteiger partial charge in [-0.1, -0.05) is 39.5 Å². The van der Waals surface area contributed by atoms with Gasteiger partial charge in [0, 0.05) is 144 Å². The van der Waals surface area contributed by atoms with Crippen molar-refractivity contribution in [3.63, 3.8) is 0 Å². The van der Waals surface area contributed by atoms with Crippen molar-refractivity contribution in [2.45, 2.75) is 76.5 Å². The molecule has 5 unspecified atom stereocenters. The molecule has 2 aliphatic heterocycles. The molecular weight excluding hydrogens is 1110 g/mol. The van der Waals surface area contributed by atoms with Gasteiger partial charge in [0.05, 0.1) is 6.33 Å². The predicted octanol–water partition coefficient (Wildman–Crippen LogP) is 0.830. The van der Waals surface area contributed by atoms with Gasteiger partial charge in [0.25, 0.3) is 0 Å². The standard InChI is InChI=1S/C14H17N5O2.C9H14O3.3Ac/c1-4-14(5-2)8(3)10(20)13(21-14)19-7-18-9-11(15)16-6-17-12(9)19;1-4-9(5-2)6(3)7(10)8(11)12-9;;;/h1,6-8,10,13,20H,5H2,2-3H3,(H2,15,16,17);1,6-8,10-11H,5H2,2-3H3;;;/t8?,10?,13-,14-;6?,7?,8?,9-;;;/m11.../s1. The second kappa shape index (κ2) is 15.6. The van der Waals surface area contributed by atoms with E-state index in [1.54, 1.807) is 17.8 Å². The van der Waals surface area contributed by atoms with Crippen molar-refractivity contribution < 1.29 is 157 Å².